The Labute approximate surface area is 89.4 Å². The van der Waals surface area contributed by atoms with Crippen molar-refractivity contribution >= 4 is 25.2 Å². The van der Waals surface area contributed by atoms with Crippen LogP contribution in [0.25, 0.3) is 0 Å². The van der Waals surface area contributed by atoms with Crippen LogP contribution in [0.5, 0.6) is 0 Å². The first kappa shape index (κ1) is 11.6. The maximum absolute atomic E-state index is 5.70. The van der Waals surface area contributed by atoms with Crippen molar-refractivity contribution in [3.8, 4) is 0 Å². The second-order valence-electron chi connectivity index (χ2n) is 1.88. The van der Waals surface area contributed by atoms with E-state index in [0.717, 1.165) is 11.4 Å². The van der Waals surface area contributed by atoms with Crippen LogP contribution in [-0.4, -0.2) is 0 Å². The minimum atomic E-state index is 0.788. The molecule has 0 nitrogen and oxygen atoms in total. The van der Waals surface area contributed by atoms with Crippen molar-refractivity contribution in [2.45, 2.75) is 6.42 Å². The summed E-state index contributed by atoms with van der Waals surface area (Å²) in [5.41, 5.74) is 1.18. The molecule has 0 aliphatic rings. The molecule has 0 bridgehead atoms. The van der Waals surface area contributed by atoms with Gasteiger partial charge in [-0.3, -0.25) is 0 Å². The monoisotopic (exact) mass is 282 g/mol. The Morgan fingerprint density at radius 3 is 2.45 bits per heavy atom. The Morgan fingerprint density at radius 1 is 1.45 bits per heavy atom. The van der Waals surface area contributed by atoms with E-state index in [2.05, 4.69) is 20.5 Å². The number of benzene rings is 1. The van der Waals surface area contributed by atoms with Gasteiger partial charge in [-0.15, -0.1) is 0 Å². The molecule has 0 aromatic heterocycles. The zero-order valence-corrected chi connectivity index (χ0v) is 11.5. The van der Waals surface area contributed by atoms with Crippen LogP contribution in [0.1, 0.15) is 5.56 Å². The fourth-order valence-electron chi connectivity index (χ4n) is 0.692. The summed E-state index contributed by atoms with van der Waals surface area (Å²) >= 11 is 9.95. The van der Waals surface area contributed by atoms with Gasteiger partial charge in [0.05, 0.1) is 0 Å². The molecule has 0 saturated carbocycles. The molecule has 0 unspecified atom stereocenters. The summed E-state index contributed by atoms with van der Waals surface area (Å²) in [7, 11) is 0. The topological polar surface area (TPSA) is 0 Å². The molecule has 1 aromatic carbocycles. The zero-order chi connectivity index (χ0) is 8.69. The fraction of sp³-hybridized carbons (Fsp3) is 0.125. The molecule has 3 heteroatoms. The molecule has 0 radical (unpaired) electrons. The van der Waals surface area contributed by atoms with Gasteiger partial charge in [-0.2, -0.15) is 6.42 Å². The Bertz CT molecular complexity index is 203. The molecule has 0 N–H and O–H groups in total. The summed E-state index contributed by atoms with van der Waals surface area (Å²) in [6.45, 7) is 3.74. The van der Waals surface area contributed by atoms with Crippen molar-refractivity contribution in [2.24, 2.45) is 0 Å². The van der Waals surface area contributed by atoms with E-state index in [9.17, 15) is 0 Å². The molecule has 1 aromatic rings. The number of halogens is 2. The van der Waals surface area contributed by atoms with Gasteiger partial charge >= 0.3 is 30.0 Å². The van der Waals surface area contributed by atoms with E-state index >= 15 is 0 Å². The Hall–Kier alpha value is 0.613. The van der Waals surface area contributed by atoms with Crippen LogP contribution in [-0.2, 0) is 22.8 Å². The van der Waals surface area contributed by atoms with Gasteiger partial charge in [0.15, 0.2) is 0 Å². The van der Waals surface area contributed by atoms with E-state index in [-0.39, 0.29) is 0 Å². The first-order valence-corrected chi connectivity index (χ1v) is 10.5. The molecule has 0 heterocycles. The van der Waals surface area contributed by atoms with Crippen LogP contribution in [0, 0.1) is 6.92 Å². The second kappa shape index (κ2) is 7.27. The van der Waals surface area contributed by atoms with E-state index in [0.29, 0.717) is 0 Å². The summed E-state index contributed by atoms with van der Waals surface area (Å²) in [6, 6.07) is 7.73. The van der Waals surface area contributed by atoms with Crippen LogP contribution in [0.4, 0.5) is 0 Å². The summed E-state index contributed by atoms with van der Waals surface area (Å²) < 4.78 is 0. The second-order valence-corrected chi connectivity index (χ2v) is 2.32. The van der Waals surface area contributed by atoms with Crippen LogP contribution in [0.15, 0.2) is 24.3 Å². The zero-order valence-electron chi connectivity index (χ0n) is 6.19. The van der Waals surface area contributed by atoms with Gasteiger partial charge in [0.1, 0.15) is 0 Å². The third-order valence-electron chi connectivity index (χ3n) is 1.18. The molecule has 0 aliphatic carbocycles. The predicted octanol–water partition coefficient (Wildman–Crippen LogP) is 3.56. The first-order valence-electron chi connectivity index (χ1n) is 3.13. The van der Waals surface area contributed by atoms with Crippen LogP contribution >= 0.6 is 25.2 Å². The standard InChI is InChI=1S/C8H8Cl.BrH.Zn/c1-2-7-4-3-5-8(9)6-7;;/h3-6H,1-2H2;1H;/q-1;;+2/p-1. The fourth-order valence-corrected chi connectivity index (χ4v) is 0.905. The average Bonchev–Trinajstić information content (AvgIpc) is 2.08. The van der Waals surface area contributed by atoms with Gasteiger partial charge in [-0.25, -0.2) is 0 Å². The van der Waals surface area contributed by atoms with E-state index in [4.69, 9.17) is 11.6 Å². The average molecular weight is 285 g/mol. The molecule has 0 spiro atoms. The summed E-state index contributed by atoms with van der Waals surface area (Å²) in [5.74, 6) is 0. The first-order chi connectivity index (χ1) is 5.33. The number of rotatable bonds is 1. The van der Waals surface area contributed by atoms with E-state index in [1.807, 2.05) is 24.3 Å². The van der Waals surface area contributed by atoms with Crippen molar-refractivity contribution in [3.63, 3.8) is 0 Å². The van der Waals surface area contributed by atoms with E-state index in [1.165, 1.54) is 21.9 Å². The molecule has 11 heavy (non-hydrogen) atoms. The quantitative estimate of drug-likeness (QED) is 0.546. The molecule has 0 fully saturated rings. The Morgan fingerprint density at radius 2 is 2.09 bits per heavy atom. The van der Waals surface area contributed by atoms with Gasteiger partial charge in [0, 0.05) is 5.02 Å². The molecule has 0 saturated heterocycles. The van der Waals surface area contributed by atoms with Gasteiger partial charge in [0.2, 0.25) is 0 Å². The normalized spacial score (nSPS) is 8.45. The van der Waals surface area contributed by atoms with Gasteiger partial charge in [0.25, 0.3) is 0 Å². The van der Waals surface area contributed by atoms with Crippen LogP contribution in [0.2, 0.25) is 5.02 Å². The van der Waals surface area contributed by atoms with Crippen molar-refractivity contribution in [1.29, 1.82) is 0 Å². The molecule has 0 atom stereocenters. The number of hydrogen-bond donors (Lipinski definition) is 0. The van der Waals surface area contributed by atoms with Crippen molar-refractivity contribution in [1.82, 2.24) is 0 Å². The van der Waals surface area contributed by atoms with Crippen molar-refractivity contribution < 1.29 is 16.3 Å². The van der Waals surface area contributed by atoms with Gasteiger partial charge in [-0.05, 0) is 12.1 Å². The maximum atomic E-state index is 5.70. The summed E-state index contributed by atoms with van der Waals surface area (Å²) in [6.07, 6.45) is 0.806. The SMILES string of the molecule is [CH2-]Cc1cccc(Cl)c1.[Zn+][Br]. The van der Waals surface area contributed by atoms with Gasteiger partial charge < -0.3 is 6.92 Å². The summed E-state index contributed by atoms with van der Waals surface area (Å²) in [5, 5.41) is 0.788. The van der Waals surface area contributed by atoms with Crippen molar-refractivity contribution in [2.75, 3.05) is 0 Å². The third-order valence-corrected chi connectivity index (χ3v) is 1.41. The van der Waals surface area contributed by atoms with E-state index < -0.39 is 0 Å². The summed E-state index contributed by atoms with van der Waals surface area (Å²) in [4.78, 5) is 0. The van der Waals surface area contributed by atoms with E-state index in [1.54, 1.807) is 0 Å². The third kappa shape index (κ3) is 4.95. The Kier molecular flexibility index (Phi) is 7.68. The minimum absolute atomic E-state index is 0.788. The predicted molar refractivity (Wildman–Crippen MR) is 49.4 cm³/mol. The van der Waals surface area contributed by atoms with Crippen molar-refractivity contribution in [3.05, 3.63) is 41.8 Å². The van der Waals surface area contributed by atoms with Crippen LogP contribution < -0.4 is 0 Å². The van der Waals surface area contributed by atoms with Gasteiger partial charge in [-0.1, -0.05) is 29.3 Å². The molecule has 56 valence electrons. The van der Waals surface area contributed by atoms with Crippen LogP contribution in [0.3, 0.4) is 0 Å². The molecule has 0 aliphatic heterocycles. The molecular weight excluding hydrogens is 277 g/mol. The molecule has 0 amide bonds. The molecular formula is C8H8BrClZn. The molecule has 1 rings (SSSR count). The number of hydrogen-bond acceptors (Lipinski definition) is 0. The Balaban J connectivity index is 0.000000461.